The molecule has 1 amide bonds. The van der Waals surface area contributed by atoms with Gasteiger partial charge in [0, 0.05) is 6.54 Å². The van der Waals surface area contributed by atoms with Gasteiger partial charge < -0.3 is 5.32 Å². The van der Waals surface area contributed by atoms with Gasteiger partial charge in [0.25, 0.3) is 5.91 Å². The summed E-state index contributed by atoms with van der Waals surface area (Å²) < 4.78 is 39.0. The fourth-order valence-electron chi connectivity index (χ4n) is 2.65. The van der Waals surface area contributed by atoms with Crippen molar-refractivity contribution < 1.29 is 18.0 Å². The smallest absolute Gasteiger partial charge is 0.348 e. The highest BCUT2D eigenvalue weighted by Gasteiger charge is 2.34. The first-order chi connectivity index (χ1) is 11.5. The maximum absolute atomic E-state index is 13.0. The monoisotopic (exact) mass is 329 g/mol. The Morgan fingerprint density at radius 1 is 0.875 bits per heavy atom. The number of carbonyl (C=O) groups is 1. The van der Waals surface area contributed by atoms with Crippen molar-refractivity contribution in [3.8, 4) is 0 Å². The van der Waals surface area contributed by atoms with E-state index in [0.29, 0.717) is 0 Å². The molecule has 3 aromatic carbocycles. The lowest BCUT2D eigenvalue weighted by Crippen LogP contribution is -2.25. The maximum atomic E-state index is 13.0. The number of fused-ring (bicyclic) bond motifs is 1. The van der Waals surface area contributed by atoms with Gasteiger partial charge in [-0.15, -0.1) is 0 Å². The first kappa shape index (κ1) is 16.1. The number of amides is 1. The highest BCUT2D eigenvalue weighted by atomic mass is 19.4. The van der Waals surface area contributed by atoms with Crippen LogP contribution in [0.25, 0.3) is 10.8 Å². The lowest BCUT2D eigenvalue weighted by Gasteiger charge is -2.13. The molecular formula is C19H14F3NO. The average Bonchev–Trinajstić information content (AvgIpc) is 2.59. The lowest BCUT2D eigenvalue weighted by atomic mass is 10.0. The Bertz CT molecular complexity index is 882. The second-order valence-electron chi connectivity index (χ2n) is 5.36. The number of carbonyl (C=O) groups excluding carboxylic acids is 1. The molecule has 3 rings (SSSR count). The number of rotatable bonds is 3. The molecule has 1 N–H and O–H groups in total. The standard InChI is InChI=1S/C19H14F3NO/c20-19(21,22)17-11-4-3-10-16(17)18(24)23-12-14-8-5-7-13-6-1-2-9-15(13)14/h1-11H,12H2,(H,23,24). The normalized spacial score (nSPS) is 11.5. The van der Waals surface area contributed by atoms with E-state index >= 15 is 0 Å². The number of hydrogen-bond donors (Lipinski definition) is 1. The SMILES string of the molecule is O=C(NCc1cccc2ccccc12)c1ccccc1C(F)(F)F. The van der Waals surface area contributed by atoms with Crippen molar-refractivity contribution in [2.24, 2.45) is 0 Å². The van der Waals surface area contributed by atoms with Gasteiger partial charge in [-0.2, -0.15) is 13.2 Å². The Labute approximate surface area is 136 Å². The summed E-state index contributed by atoms with van der Waals surface area (Å²) in [6.45, 7) is 0.159. The Morgan fingerprint density at radius 2 is 1.54 bits per heavy atom. The summed E-state index contributed by atoms with van der Waals surface area (Å²) in [5, 5.41) is 4.56. The molecule has 0 bridgehead atoms. The van der Waals surface area contributed by atoms with Gasteiger partial charge in [-0.05, 0) is 28.5 Å². The van der Waals surface area contributed by atoms with Crippen LogP contribution in [-0.2, 0) is 12.7 Å². The number of hydrogen-bond acceptors (Lipinski definition) is 1. The largest absolute Gasteiger partial charge is 0.417 e. The van der Waals surface area contributed by atoms with E-state index in [1.54, 1.807) is 0 Å². The maximum Gasteiger partial charge on any atom is 0.417 e. The molecule has 0 spiro atoms. The van der Waals surface area contributed by atoms with Crippen LogP contribution >= 0.6 is 0 Å². The number of nitrogens with one attached hydrogen (secondary N) is 1. The topological polar surface area (TPSA) is 29.1 Å². The molecule has 0 heterocycles. The van der Waals surface area contributed by atoms with Gasteiger partial charge in [-0.25, -0.2) is 0 Å². The Morgan fingerprint density at radius 3 is 2.33 bits per heavy atom. The summed E-state index contributed by atoms with van der Waals surface area (Å²) in [5.41, 5.74) is -0.448. The molecule has 0 aliphatic rings. The molecule has 0 saturated carbocycles. The Hall–Kier alpha value is -2.82. The van der Waals surface area contributed by atoms with Gasteiger partial charge in [0.1, 0.15) is 0 Å². The van der Waals surface area contributed by atoms with E-state index in [2.05, 4.69) is 5.32 Å². The van der Waals surface area contributed by atoms with Crippen molar-refractivity contribution in [3.63, 3.8) is 0 Å². The summed E-state index contributed by atoms with van der Waals surface area (Å²) >= 11 is 0. The van der Waals surface area contributed by atoms with Crippen molar-refractivity contribution in [3.05, 3.63) is 83.4 Å². The van der Waals surface area contributed by atoms with Crippen molar-refractivity contribution in [1.29, 1.82) is 0 Å². The molecule has 0 radical (unpaired) electrons. The minimum absolute atomic E-state index is 0.159. The van der Waals surface area contributed by atoms with Crippen molar-refractivity contribution in [1.82, 2.24) is 5.32 Å². The van der Waals surface area contributed by atoms with Crippen molar-refractivity contribution in [2.75, 3.05) is 0 Å². The van der Waals surface area contributed by atoms with E-state index < -0.39 is 17.6 Å². The molecule has 0 aromatic heterocycles. The van der Waals surface area contributed by atoms with Gasteiger partial charge in [-0.1, -0.05) is 54.6 Å². The predicted molar refractivity (Wildman–Crippen MR) is 86.6 cm³/mol. The average molecular weight is 329 g/mol. The van der Waals surface area contributed by atoms with Crippen molar-refractivity contribution >= 4 is 16.7 Å². The van der Waals surface area contributed by atoms with Gasteiger partial charge in [0.2, 0.25) is 0 Å². The molecule has 0 unspecified atom stereocenters. The first-order valence-corrected chi connectivity index (χ1v) is 7.38. The fourth-order valence-corrected chi connectivity index (χ4v) is 2.65. The third kappa shape index (κ3) is 3.25. The molecule has 2 nitrogen and oxygen atoms in total. The van der Waals surface area contributed by atoms with E-state index in [1.807, 2.05) is 42.5 Å². The van der Waals surface area contributed by atoms with Crippen LogP contribution in [0.5, 0.6) is 0 Å². The molecular weight excluding hydrogens is 315 g/mol. The van der Waals surface area contributed by atoms with Crippen LogP contribution in [0.15, 0.2) is 66.7 Å². The van der Waals surface area contributed by atoms with Crippen LogP contribution < -0.4 is 5.32 Å². The van der Waals surface area contributed by atoms with Gasteiger partial charge in [-0.3, -0.25) is 4.79 Å². The Balaban J connectivity index is 1.84. The lowest BCUT2D eigenvalue weighted by molar-refractivity contribution is -0.137. The van der Waals surface area contributed by atoms with Crippen LogP contribution in [0.2, 0.25) is 0 Å². The molecule has 5 heteroatoms. The molecule has 0 aliphatic carbocycles. The van der Waals surface area contributed by atoms with E-state index in [1.165, 1.54) is 18.2 Å². The van der Waals surface area contributed by atoms with Gasteiger partial charge >= 0.3 is 6.18 Å². The Kier molecular flexibility index (Phi) is 4.25. The third-order valence-electron chi connectivity index (χ3n) is 3.80. The fraction of sp³-hybridized carbons (Fsp3) is 0.105. The second kappa shape index (κ2) is 6.35. The van der Waals surface area contributed by atoms with E-state index in [9.17, 15) is 18.0 Å². The number of alkyl halides is 3. The van der Waals surface area contributed by atoms with Gasteiger partial charge in [0.15, 0.2) is 0 Å². The quantitative estimate of drug-likeness (QED) is 0.735. The number of benzene rings is 3. The van der Waals surface area contributed by atoms with Crippen LogP contribution in [0, 0.1) is 0 Å². The van der Waals surface area contributed by atoms with Crippen LogP contribution in [0.3, 0.4) is 0 Å². The summed E-state index contributed by atoms with van der Waals surface area (Å²) in [6, 6.07) is 18.1. The molecule has 0 atom stereocenters. The zero-order valence-corrected chi connectivity index (χ0v) is 12.6. The molecule has 3 aromatic rings. The van der Waals surface area contributed by atoms with Crippen molar-refractivity contribution in [2.45, 2.75) is 12.7 Å². The van der Waals surface area contributed by atoms with E-state index in [0.717, 1.165) is 22.4 Å². The summed E-state index contributed by atoms with van der Waals surface area (Å²) in [6.07, 6.45) is -4.56. The van der Waals surface area contributed by atoms with E-state index in [-0.39, 0.29) is 12.1 Å². The summed E-state index contributed by atoms with van der Waals surface area (Å²) in [7, 11) is 0. The van der Waals surface area contributed by atoms with Crippen LogP contribution in [-0.4, -0.2) is 5.91 Å². The summed E-state index contributed by atoms with van der Waals surface area (Å²) in [5.74, 6) is -0.740. The highest BCUT2D eigenvalue weighted by molar-refractivity contribution is 5.96. The number of halogens is 3. The van der Waals surface area contributed by atoms with E-state index in [4.69, 9.17) is 0 Å². The third-order valence-corrected chi connectivity index (χ3v) is 3.80. The second-order valence-corrected chi connectivity index (χ2v) is 5.36. The van der Waals surface area contributed by atoms with Crippen LogP contribution in [0.1, 0.15) is 21.5 Å². The highest BCUT2D eigenvalue weighted by Crippen LogP contribution is 2.31. The first-order valence-electron chi connectivity index (χ1n) is 7.38. The van der Waals surface area contributed by atoms with Crippen LogP contribution in [0.4, 0.5) is 13.2 Å². The molecule has 0 saturated heterocycles. The summed E-state index contributed by atoms with van der Waals surface area (Å²) in [4.78, 5) is 12.2. The molecule has 122 valence electrons. The zero-order valence-electron chi connectivity index (χ0n) is 12.6. The molecule has 24 heavy (non-hydrogen) atoms. The molecule has 0 fully saturated rings. The predicted octanol–water partition coefficient (Wildman–Crippen LogP) is 4.79. The minimum atomic E-state index is -4.56. The molecule has 0 aliphatic heterocycles. The van der Waals surface area contributed by atoms with Gasteiger partial charge in [0.05, 0.1) is 11.1 Å². The zero-order chi connectivity index (χ0) is 17.2. The minimum Gasteiger partial charge on any atom is -0.348 e.